The summed E-state index contributed by atoms with van der Waals surface area (Å²) >= 11 is 0. The minimum Gasteiger partial charge on any atom is -0.366 e. The van der Waals surface area contributed by atoms with Crippen LogP contribution in [0.4, 0.5) is 0 Å². The van der Waals surface area contributed by atoms with E-state index < -0.39 is 5.91 Å². The molecule has 0 unspecified atom stereocenters. The molecule has 0 heterocycles. The SMILES string of the molecule is Cc1ccc(/C=C/c2ccc(C(N)=O)cc2)c(C)c1. The number of primary amides is 1. The molecular weight excluding hydrogens is 234 g/mol. The van der Waals surface area contributed by atoms with Gasteiger partial charge in [-0.15, -0.1) is 0 Å². The highest BCUT2D eigenvalue weighted by atomic mass is 16.1. The number of hydrogen-bond donors (Lipinski definition) is 1. The summed E-state index contributed by atoms with van der Waals surface area (Å²) in [6.07, 6.45) is 4.11. The van der Waals surface area contributed by atoms with Crippen LogP contribution < -0.4 is 5.73 Å². The summed E-state index contributed by atoms with van der Waals surface area (Å²) < 4.78 is 0. The Hall–Kier alpha value is -2.35. The Kier molecular flexibility index (Phi) is 3.81. The highest BCUT2D eigenvalue weighted by Crippen LogP contribution is 2.14. The normalized spacial score (nSPS) is 10.8. The molecule has 0 radical (unpaired) electrons. The van der Waals surface area contributed by atoms with E-state index in [1.54, 1.807) is 12.1 Å². The number of benzene rings is 2. The van der Waals surface area contributed by atoms with Crippen LogP contribution >= 0.6 is 0 Å². The number of aryl methyl sites for hydroxylation is 2. The van der Waals surface area contributed by atoms with Gasteiger partial charge >= 0.3 is 0 Å². The molecule has 2 rings (SSSR count). The summed E-state index contributed by atoms with van der Waals surface area (Å²) in [7, 11) is 0. The van der Waals surface area contributed by atoms with Gasteiger partial charge in [0.15, 0.2) is 0 Å². The first kappa shape index (κ1) is 13.1. The van der Waals surface area contributed by atoms with Crippen LogP contribution in [0.2, 0.25) is 0 Å². The van der Waals surface area contributed by atoms with E-state index in [9.17, 15) is 4.79 Å². The van der Waals surface area contributed by atoms with Gasteiger partial charge in [0.1, 0.15) is 0 Å². The molecule has 0 aliphatic rings. The highest BCUT2D eigenvalue weighted by Gasteiger charge is 1.98. The Labute approximate surface area is 113 Å². The molecule has 0 aromatic heterocycles. The third kappa shape index (κ3) is 3.32. The van der Waals surface area contributed by atoms with Gasteiger partial charge in [0, 0.05) is 5.56 Å². The van der Waals surface area contributed by atoms with E-state index in [1.807, 2.05) is 18.2 Å². The molecule has 0 bridgehead atoms. The summed E-state index contributed by atoms with van der Waals surface area (Å²) in [6.45, 7) is 4.19. The lowest BCUT2D eigenvalue weighted by atomic mass is 10.0. The van der Waals surface area contributed by atoms with Crippen LogP contribution in [0, 0.1) is 13.8 Å². The fourth-order valence-electron chi connectivity index (χ4n) is 1.96. The first-order valence-corrected chi connectivity index (χ1v) is 6.21. The van der Waals surface area contributed by atoms with E-state index in [0.29, 0.717) is 5.56 Å². The van der Waals surface area contributed by atoms with Crippen molar-refractivity contribution in [1.29, 1.82) is 0 Å². The summed E-state index contributed by atoms with van der Waals surface area (Å²) in [5.74, 6) is -0.398. The van der Waals surface area contributed by atoms with Crippen molar-refractivity contribution in [1.82, 2.24) is 0 Å². The molecule has 0 atom stereocenters. The minimum absolute atomic E-state index is 0.398. The van der Waals surface area contributed by atoms with Crippen LogP contribution in [0.1, 0.15) is 32.6 Å². The lowest BCUT2D eigenvalue weighted by Gasteiger charge is -2.02. The molecule has 0 saturated carbocycles. The van der Waals surface area contributed by atoms with Crippen LogP contribution in [0.3, 0.4) is 0 Å². The molecule has 0 aliphatic heterocycles. The maximum atomic E-state index is 11.0. The predicted molar refractivity (Wildman–Crippen MR) is 79.8 cm³/mol. The monoisotopic (exact) mass is 251 g/mol. The van der Waals surface area contributed by atoms with Crippen molar-refractivity contribution in [3.8, 4) is 0 Å². The fraction of sp³-hybridized carbons (Fsp3) is 0.118. The number of carbonyl (C=O) groups excluding carboxylic acids is 1. The topological polar surface area (TPSA) is 43.1 Å². The van der Waals surface area contributed by atoms with Crippen LogP contribution in [0.5, 0.6) is 0 Å². The van der Waals surface area contributed by atoms with Gasteiger partial charge in [-0.3, -0.25) is 4.79 Å². The van der Waals surface area contributed by atoms with Crippen molar-refractivity contribution in [2.45, 2.75) is 13.8 Å². The molecule has 2 aromatic carbocycles. The smallest absolute Gasteiger partial charge is 0.248 e. The number of nitrogens with two attached hydrogens (primary N) is 1. The molecule has 0 aliphatic carbocycles. The Balaban J connectivity index is 2.20. The van der Waals surface area contributed by atoms with E-state index in [0.717, 1.165) is 5.56 Å². The molecule has 1 amide bonds. The average molecular weight is 251 g/mol. The zero-order valence-corrected chi connectivity index (χ0v) is 11.2. The minimum atomic E-state index is -0.398. The Morgan fingerprint density at radius 2 is 1.68 bits per heavy atom. The van der Waals surface area contributed by atoms with Crippen molar-refractivity contribution in [2.24, 2.45) is 5.73 Å². The Morgan fingerprint density at radius 3 is 2.26 bits per heavy atom. The predicted octanol–water partition coefficient (Wildman–Crippen LogP) is 3.57. The second kappa shape index (κ2) is 5.53. The summed E-state index contributed by atoms with van der Waals surface area (Å²) in [6, 6.07) is 13.6. The number of amides is 1. The summed E-state index contributed by atoms with van der Waals surface area (Å²) in [5, 5.41) is 0. The van der Waals surface area contributed by atoms with Gasteiger partial charge in [-0.2, -0.15) is 0 Å². The van der Waals surface area contributed by atoms with Gasteiger partial charge in [-0.25, -0.2) is 0 Å². The van der Waals surface area contributed by atoms with Gasteiger partial charge in [0.2, 0.25) is 5.91 Å². The second-order valence-electron chi connectivity index (χ2n) is 4.68. The molecule has 19 heavy (non-hydrogen) atoms. The van der Waals surface area contributed by atoms with Crippen molar-refractivity contribution < 1.29 is 4.79 Å². The van der Waals surface area contributed by atoms with Gasteiger partial charge < -0.3 is 5.73 Å². The van der Waals surface area contributed by atoms with E-state index in [-0.39, 0.29) is 0 Å². The number of hydrogen-bond acceptors (Lipinski definition) is 1. The van der Waals surface area contributed by atoms with Gasteiger partial charge in [0.05, 0.1) is 0 Å². The van der Waals surface area contributed by atoms with E-state index in [4.69, 9.17) is 5.73 Å². The van der Waals surface area contributed by atoms with Crippen LogP contribution in [-0.2, 0) is 0 Å². The van der Waals surface area contributed by atoms with E-state index in [1.165, 1.54) is 16.7 Å². The number of rotatable bonds is 3. The fourth-order valence-corrected chi connectivity index (χ4v) is 1.96. The Bertz CT molecular complexity index is 624. The average Bonchev–Trinajstić information content (AvgIpc) is 2.38. The lowest BCUT2D eigenvalue weighted by molar-refractivity contribution is 0.100. The zero-order valence-electron chi connectivity index (χ0n) is 11.2. The van der Waals surface area contributed by atoms with Crippen molar-refractivity contribution in [2.75, 3.05) is 0 Å². The highest BCUT2D eigenvalue weighted by molar-refractivity contribution is 5.93. The maximum absolute atomic E-state index is 11.0. The van der Waals surface area contributed by atoms with Crippen LogP contribution in [-0.4, -0.2) is 5.91 Å². The largest absolute Gasteiger partial charge is 0.366 e. The van der Waals surface area contributed by atoms with Crippen LogP contribution in [0.15, 0.2) is 42.5 Å². The van der Waals surface area contributed by atoms with Gasteiger partial charge in [-0.1, -0.05) is 48.0 Å². The van der Waals surface area contributed by atoms with Gasteiger partial charge in [-0.05, 0) is 42.7 Å². The van der Waals surface area contributed by atoms with E-state index in [2.05, 4.69) is 38.1 Å². The number of carbonyl (C=O) groups is 1. The standard InChI is InChI=1S/C17H17NO/c1-12-3-7-15(13(2)11-12)8-4-14-5-9-16(10-6-14)17(18)19/h3-11H,1-2H3,(H2,18,19)/b8-4+. The van der Waals surface area contributed by atoms with Crippen molar-refractivity contribution in [3.05, 3.63) is 70.3 Å². The Morgan fingerprint density at radius 1 is 1.00 bits per heavy atom. The summed E-state index contributed by atoms with van der Waals surface area (Å²) in [5.41, 5.74) is 10.5. The third-order valence-electron chi connectivity index (χ3n) is 3.08. The van der Waals surface area contributed by atoms with Gasteiger partial charge in [0.25, 0.3) is 0 Å². The first-order valence-electron chi connectivity index (χ1n) is 6.21. The molecule has 0 saturated heterocycles. The molecular formula is C17H17NO. The third-order valence-corrected chi connectivity index (χ3v) is 3.08. The van der Waals surface area contributed by atoms with E-state index >= 15 is 0 Å². The maximum Gasteiger partial charge on any atom is 0.248 e. The van der Waals surface area contributed by atoms with Crippen LogP contribution in [0.25, 0.3) is 12.2 Å². The summed E-state index contributed by atoms with van der Waals surface area (Å²) in [4.78, 5) is 11.0. The van der Waals surface area contributed by atoms with Crippen molar-refractivity contribution >= 4 is 18.1 Å². The lowest BCUT2D eigenvalue weighted by Crippen LogP contribution is -2.10. The molecule has 96 valence electrons. The molecule has 2 aromatic rings. The second-order valence-corrected chi connectivity index (χ2v) is 4.68. The zero-order chi connectivity index (χ0) is 13.8. The molecule has 0 spiro atoms. The molecule has 0 fully saturated rings. The first-order chi connectivity index (χ1) is 9.06. The molecule has 2 nitrogen and oxygen atoms in total. The quantitative estimate of drug-likeness (QED) is 0.832. The van der Waals surface area contributed by atoms with Crippen molar-refractivity contribution in [3.63, 3.8) is 0 Å². The molecule has 2 heteroatoms. The molecule has 2 N–H and O–H groups in total.